The number of hydrogen-bond donors (Lipinski definition) is 3. The van der Waals surface area contributed by atoms with E-state index < -0.39 is 54.1 Å². The molecule has 3 N–H and O–H groups in total. The van der Waals surface area contributed by atoms with Gasteiger partial charge in [0, 0.05) is 31.6 Å². The lowest BCUT2D eigenvalue weighted by atomic mass is 9.98. The second kappa shape index (κ2) is 16.1. The number of carbonyl (C=O) groups is 4. The molecule has 5 rings (SSSR count). The van der Waals surface area contributed by atoms with E-state index in [1.165, 1.54) is 11.1 Å². The number of Topliss-reactive ketones (excluding diaryl/α,β-unsaturated/α-hetero) is 1. The molecule has 260 valence electrons. The van der Waals surface area contributed by atoms with Gasteiger partial charge >= 0.3 is 5.92 Å². The Labute approximate surface area is 287 Å². The van der Waals surface area contributed by atoms with Crippen LogP contribution in [0.2, 0.25) is 0 Å². The lowest BCUT2D eigenvalue weighted by Crippen LogP contribution is -2.56. The molecule has 3 amide bonds. The number of carbonyl (C=O) groups excluding carboxylic acids is 4. The number of hydrogen-bond acceptors (Lipinski definition) is 7. The molecule has 4 aromatic rings. The van der Waals surface area contributed by atoms with Crippen molar-refractivity contribution in [2.75, 3.05) is 25.0 Å². The lowest BCUT2D eigenvalue weighted by molar-refractivity contribution is -0.161. The molecule has 1 fully saturated rings. The van der Waals surface area contributed by atoms with Crippen LogP contribution in [0.15, 0.2) is 95.9 Å². The second-order valence-electron chi connectivity index (χ2n) is 12.1. The first kappa shape index (κ1) is 35.6. The number of alkyl halides is 2. The zero-order valence-electron chi connectivity index (χ0n) is 27.5. The van der Waals surface area contributed by atoms with E-state index >= 15 is 8.78 Å². The van der Waals surface area contributed by atoms with E-state index in [9.17, 15) is 24.0 Å². The minimum absolute atomic E-state index is 0.0988. The molecular formula is C37H38F2N6O5. The summed E-state index contributed by atoms with van der Waals surface area (Å²) in [4.78, 5) is 71.6. The molecule has 1 aromatic heterocycles. The zero-order valence-corrected chi connectivity index (χ0v) is 27.5. The van der Waals surface area contributed by atoms with Gasteiger partial charge in [-0.2, -0.15) is 8.78 Å². The van der Waals surface area contributed by atoms with Crippen LogP contribution in [0.4, 0.5) is 14.5 Å². The number of likely N-dealkylation sites (tertiary alicyclic amines) is 1. The van der Waals surface area contributed by atoms with Crippen molar-refractivity contribution in [2.45, 2.75) is 51.2 Å². The quantitative estimate of drug-likeness (QED) is 0.173. The fourth-order valence-electron chi connectivity index (χ4n) is 5.69. The molecule has 0 radical (unpaired) electrons. The summed E-state index contributed by atoms with van der Waals surface area (Å²) in [5.41, 5.74) is 2.25. The molecular weight excluding hydrogens is 646 g/mol. The van der Waals surface area contributed by atoms with Crippen molar-refractivity contribution in [3.63, 3.8) is 0 Å². The van der Waals surface area contributed by atoms with Crippen molar-refractivity contribution < 1.29 is 28.0 Å². The number of halogens is 2. The number of anilines is 1. The molecule has 0 bridgehead atoms. The Kier molecular flexibility index (Phi) is 11.5. The predicted octanol–water partition coefficient (Wildman–Crippen LogP) is 3.50. The maximum absolute atomic E-state index is 15.4. The van der Waals surface area contributed by atoms with Crippen molar-refractivity contribution in [1.82, 2.24) is 25.1 Å². The number of aryl methyl sites for hydroxylation is 1. The Morgan fingerprint density at radius 3 is 2.22 bits per heavy atom. The highest BCUT2D eigenvalue weighted by Crippen LogP contribution is 2.21. The van der Waals surface area contributed by atoms with Crippen molar-refractivity contribution in [3.05, 3.63) is 118 Å². The molecule has 11 nitrogen and oxygen atoms in total. The van der Waals surface area contributed by atoms with E-state index in [-0.39, 0.29) is 17.9 Å². The number of nitrogens with one attached hydrogen (secondary N) is 3. The van der Waals surface area contributed by atoms with Crippen LogP contribution in [-0.2, 0) is 38.7 Å². The fraction of sp³-hybridized carbons (Fsp3) is 0.297. The van der Waals surface area contributed by atoms with Crippen LogP contribution >= 0.6 is 0 Å². The third-order valence-electron chi connectivity index (χ3n) is 8.34. The van der Waals surface area contributed by atoms with E-state index in [0.717, 1.165) is 28.5 Å². The van der Waals surface area contributed by atoms with Crippen LogP contribution in [0.25, 0.3) is 11.4 Å². The highest BCUT2D eigenvalue weighted by atomic mass is 19.3. The van der Waals surface area contributed by atoms with Crippen molar-refractivity contribution in [2.24, 2.45) is 0 Å². The molecule has 1 atom stereocenters. The van der Waals surface area contributed by atoms with E-state index in [2.05, 4.69) is 15.6 Å². The summed E-state index contributed by atoms with van der Waals surface area (Å²) in [6, 6.07) is 22.7. The predicted molar refractivity (Wildman–Crippen MR) is 183 cm³/mol. The first-order chi connectivity index (χ1) is 24.0. The van der Waals surface area contributed by atoms with Gasteiger partial charge in [0.25, 0.3) is 11.5 Å². The minimum Gasteiger partial charge on any atom is -0.375 e. The van der Waals surface area contributed by atoms with Gasteiger partial charge in [0.15, 0.2) is 0 Å². The molecule has 1 unspecified atom stereocenters. The molecule has 3 aromatic carbocycles. The van der Waals surface area contributed by atoms with Gasteiger partial charge in [0.2, 0.25) is 17.6 Å². The molecule has 1 aliphatic heterocycles. The number of nitrogens with zero attached hydrogens (tertiary/aromatic N) is 3. The molecule has 0 saturated carbocycles. The largest absolute Gasteiger partial charge is 0.383 e. The highest BCUT2D eigenvalue weighted by molar-refractivity contribution is 6.11. The molecule has 2 heterocycles. The average molecular weight is 685 g/mol. The van der Waals surface area contributed by atoms with Gasteiger partial charge in [-0.3, -0.25) is 28.5 Å². The Morgan fingerprint density at radius 2 is 1.56 bits per heavy atom. The number of rotatable bonds is 14. The minimum atomic E-state index is -4.58. The first-order valence-electron chi connectivity index (χ1n) is 16.3. The van der Waals surface area contributed by atoms with Gasteiger partial charge in [0.05, 0.1) is 18.8 Å². The van der Waals surface area contributed by atoms with Gasteiger partial charge in [0.1, 0.15) is 18.1 Å². The topological polar surface area (TPSA) is 142 Å². The first-order valence-corrected chi connectivity index (χ1v) is 16.3. The third-order valence-corrected chi connectivity index (χ3v) is 8.34. The van der Waals surface area contributed by atoms with Crippen molar-refractivity contribution in [3.8, 4) is 11.4 Å². The highest BCUT2D eigenvalue weighted by Gasteiger charge is 2.50. The van der Waals surface area contributed by atoms with E-state index in [1.807, 2.05) is 48.6 Å². The molecule has 1 aliphatic rings. The third kappa shape index (κ3) is 8.84. The normalized spacial score (nSPS) is 13.4. The molecule has 1 saturated heterocycles. The van der Waals surface area contributed by atoms with Crippen LogP contribution in [-0.4, -0.2) is 69.6 Å². The van der Waals surface area contributed by atoms with E-state index in [1.54, 1.807) is 48.5 Å². The van der Waals surface area contributed by atoms with Gasteiger partial charge in [-0.1, -0.05) is 84.4 Å². The molecule has 0 aliphatic carbocycles. The van der Waals surface area contributed by atoms with Gasteiger partial charge in [-0.15, -0.1) is 0 Å². The summed E-state index contributed by atoms with van der Waals surface area (Å²) in [5, 5.41) is 7.28. The summed E-state index contributed by atoms with van der Waals surface area (Å²) >= 11 is 0. The summed E-state index contributed by atoms with van der Waals surface area (Å²) in [7, 11) is 0. The van der Waals surface area contributed by atoms with Gasteiger partial charge in [-0.25, -0.2) is 4.98 Å². The van der Waals surface area contributed by atoms with Crippen LogP contribution in [0.1, 0.15) is 29.5 Å². The summed E-state index contributed by atoms with van der Waals surface area (Å²) in [6.07, 6.45) is 2.56. The standard InChI is InChI=1S/C37H38F2N6O5/c1-25-11-10-16-28(19-25)34-41-22-30(40-21-27-14-6-3-7-15-27)35(49)45(34)24-31(46)43-29(20-26-12-4-2-5-13-26)33(48)37(38,39)36(50)42-23-32(47)44-17-8-9-18-44/h2-7,10-16,19,22,29,40H,8-9,17-18,20-21,23-24H2,1H3,(H,42,50)(H,43,46). The second-order valence-corrected chi connectivity index (χ2v) is 12.1. The number of aromatic nitrogens is 2. The fourth-order valence-corrected chi connectivity index (χ4v) is 5.69. The lowest BCUT2D eigenvalue weighted by Gasteiger charge is -2.24. The number of amides is 3. The average Bonchev–Trinajstić information content (AvgIpc) is 3.66. The smallest absolute Gasteiger partial charge is 0.375 e. The Bertz CT molecular complexity index is 1900. The SMILES string of the molecule is Cc1cccc(-c2ncc(NCc3ccccc3)c(=O)n2CC(=O)NC(Cc2ccccc2)C(=O)C(F)(F)C(=O)NCC(=O)N2CCCC2)c1. The van der Waals surface area contributed by atoms with Crippen LogP contribution in [0.5, 0.6) is 0 Å². The molecule has 50 heavy (non-hydrogen) atoms. The number of ketones is 1. The van der Waals surface area contributed by atoms with Crippen molar-refractivity contribution >= 4 is 29.2 Å². The maximum atomic E-state index is 15.4. The summed E-state index contributed by atoms with van der Waals surface area (Å²) in [5.74, 6) is -9.69. The maximum Gasteiger partial charge on any atom is 0.383 e. The molecule has 0 spiro atoms. The number of benzene rings is 3. The van der Waals surface area contributed by atoms with E-state index in [4.69, 9.17) is 0 Å². The summed E-state index contributed by atoms with van der Waals surface area (Å²) < 4.78 is 32.0. The van der Waals surface area contributed by atoms with Crippen molar-refractivity contribution in [1.29, 1.82) is 0 Å². The van der Waals surface area contributed by atoms with Gasteiger partial charge in [-0.05, 0) is 37.0 Å². The zero-order chi connectivity index (χ0) is 35.7. The monoisotopic (exact) mass is 684 g/mol. The Morgan fingerprint density at radius 1 is 0.900 bits per heavy atom. The van der Waals surface area contributed by atoms with Crippen LogP contribution in [0, 0.1) is 6.92 Å². The van der Waals surface area contributed by atoms with Crippen LogP contribution < -0.4 is 21.5 Å². The molecule has 13 heteroatoms. The Balaban J connectivity index is 1.39. The summed E-state index contributed by atoms with van der Waals surface area (Å²) in [6.45, 7) is 1.71. The van der Waals surface area contributed by atoms with E-state index in [0.29, 0.717) is 30.8 Å². The Hall–Kier alpha value is -5.72. The van der Waals surface area contributed by atoms with Crippen LogP contribution in [0.3, 0.4) is 0 Å². The van der Waals surface area contributed by atoms with Gasteiger partial charge < -0.3 is 20.9 Å².